The number of amides is 1. The maximum Gasteiger partial charge on any atom is 0.410 e. The summed E-state index contributed by atoms with van der Waals surface area (Å²) in [6.07, 6.45) is -0.300. The van der Waals surface area contributed by atoms with Crippen LogP contribution in [-0.2, 0) is 11.3 Å². The lowest BCUT2D eigenvalue weighted by molar-refractivity contribution is 0.156. The molecule has 1 heterocycles. The molecule has 3 nitrogen and oxygen atoms in total. The smallest absolute Gasteiger partial charge is 0.410 e. The van der Waals surface area contributed by atoms with E-state index in [-0.39, 0.29) is 12.1 Å². The van der Waals surface area contributed by atoms with E-state index in [1.165, 1.54) is 0 Å². The second-order valence-corrected chi connectivity index (χ2v) is 5.31. The zero-order chi connectivity index (χ0) is 12.4. The molecular weight excluding hydrogens is 329 g/mol. The van der Waals surface area contributed by atoms with Crippen LogP contribution in [0.15, 0.2) is 18.2 Å². The van der Waals surface area contributed by atoms with Crippen LogP contribution in [0.25, 0.3) is 0 Å². The number of hydrogen-bond acceptors (Lipinski definition) is 2. The molecule has 0 saturated carbocycles. The van der Waals surface area contributed by atoms with Crippen molar-refractivity contribution in [2.24, 2.45) is 0 Å². The Morgan fingerprint density at radius 1 is 1.35 bits per heavy atom. The van der Waals surface area contributed by atoms with Gasteiger partial charge in [0.1, 0.15) is 6.61 Å². The highest BCUT2D eigenvalue weighted by molar-refractivity contribution is 9.09. The predicted molar refractivity (Wildman–Crippen MR) is 70.9 cm³/mol. The quantitative estimate of drug-likeness (QED) is 0.786. The normalized spacial score (nSPS) is 19.6. The summed E-state index contributed by atoms with van der Waals surface area (Å²) in [6, 6.07) is 5.31. The molecule has 2 rings (SSSR count). The van der Waals surface area contributed by atoms with Crippen molar-refractivity contribution < 1.29 is 9.53 Å². The third-order valence-electron chi connectivity index (χ3n) is 2.53. The maximum absolute atomic E-state index is 11.5. The summed E-state index contributed by atoms with van der Waals surface area (Å²) in [4.78, 5) is 13.2. The van der Waals surface area contributed by atoms with Gasteiger partial charge in [-0.3, -0.25) is 4.90 Å². The van der Waals surface area contributed by atoms with Crippen molar-refractivity contribution in [1.82, 2.24) is 4.90 Å². The lowest BCUT2D eigenvalue weighted by Gasteiger charge is -2.19. The Labute approximate surface area is 118 Å². The first-order chi connectivity index (χ1) is 8.10. The molecule has 1 amide bonds. The Balaban J connectivity index is 2.16. The number of ether oxygens (including phenoxy) is 1. The molecule has 1 aromatic carbocycles. The number of nitrogens with zero attached hydrogens (tertiary/aromatic N) is 1. The number of hydrogen-bond donors (Lipinski definition) is 0. The Morgan fingerprint density at radius 3 is 2.59 bits per heavy atom. The molecular formula is C11H10BrCl2NO2. The molecule has 1 aromatic rings. The maximum atomic E-state index is 11.5. The Hall–Kier alpha value is -0.450. The number of carbonyl (C=O) groups excluding carboxylic acids is 1. The molecule has 0 N–H and O–H groups in total. The fourth-order valence-electron chi connectivity index (χ4n) is 1.71. The molecule has 1 aliphatic heterocycles. The van der Waals surface area contributed by atoms with Crippen molar-refractivity contribution >= 4 is 45.2 Å². The summed E-state index contributed by atoms with van der Waals surface area (Å²) in [7, 11) is 0. The van der Waals surface area contributed by atoms with Gasteiger partial charge in [0, 0.05) is 21.9 Å². The minimum Gasteiger partial charge on any atom is -0.447 e. The first-order valence-electron chi connectivity index (χ1n) is 5.04. The van der Waals surface area contributed by atoms with Crippen LogP contribution in [0.4, 0.5) is 4.79 Å². The third-order valence-corrected chi connectivity index (χ3v) is 3.71. The average Bonchev–Trinajstić information content (AvgIpc) is 2.59. The molecule has 17 heavy (non-hydrogen) atoms. The van der Waals surface area contributed by atoms with Gasteiger partial charge in [-0.15, -0.1) is 0 Å². The highest BCUT2D eigenvalue weighted by Gasteiger charge is 2.31. The van der Waals surface area contributed by atoms with E-state index >= 15 is 0 Å². The second kappa shape index (κ2) is 5.46. The number of cyclic esters (lactones) is 1. The van der Waals surface area contributed by atoms with Crippen molar-refractivity contribution in [3.63, 3.8) is 0 Å². The zero-order valence-electron chi connectivity index (χ0n) is 8.83. The largest absolute Gasteiger partial charge is 0.447 e. The molecule has 1 saturated heterocycles. The van der Waals surface area contributed by atoms with Gasteiger partial charge < -0.3 is 4.74 Å². The summed E-state index contributed by atoms with van der Waals surface area (Å²) in [6.45, 7) is 0.869. The first kappa shape index (κ1) is 13.0. The number of carbonyl (C=O) groups is 1. The molecule has 6 heteroatoms. The van der Waals surface area contributed by atoms with Gasteiger partial charge in [-0.2, -0.15) is 0 Å². The first-order valence-corrected chi connectivity index (χ1v) is 6.92. The Bertz CT molecular complexity index is 421. The summed E-state index contributed by atoms with van der Waals surface area (Å²) in [5.41, 5.74) is 0.896. The Morgan fingerprint density at radius 2 is 2.00 bits per heavy atom. The molecule has 0 bridgehead atoms. The molecule has 0 aliphatic carbocycles. The van der Waals surface area contributed by atoms with Crippen molar-refractivity contribution in [1.29, 1.82) is 0 Å². The Kier molecular flexibility index (Phi) is 4.17. The van der Waals surface area contributed by atoms with Gasteiger partial charge in [0.05, 0.1) is 6.04 Å². The van der Waals surface area contributed by atoms with Crippen LogP contribution in [-0.4, -0.2) is 29.0 Å². The van der Waals surface area contributed by atoms with Crippen LogP contribution in [0.2, 0.25) is 10.0 Å². The van der Waals surface area contributed by atoms with Gasteiger partial charge in [-0.1, -0.05) is 39.1 Å². The van der Waals surface area contributed by atoms with Crippen LogP contribution in [0.1, 0.15) is 5.56 Å². The van der Waals surface area contributed by atoms with Crippen LogP contribution in [0.5, 0.6) is 0 Å². The van der Waals surface area contributed by atoms with Gasteiger partial charge in [-0.05, 0) is 23.8 Å². The highest BCUT2D eigenvalue weighted by atomic mass is 79.9. The monoisotopic (exact) mass is 337 g/mol. The zero-order valence-corrected chi connectivity index (χ0v) is 11.9. The summed E-state index contributed by atoms with van der Waals surface area (Å²) >= 11 is 15.2. The van der Waals surface area contributed by atoms with E-state index in [2.05, 4.69) is 15.9 Å². The van der Waals surface area contributed by atoms with Crippen LogP contribution < -0.4 is 0 Å². The minimum atomic E-state index is -0.300. The summed E-state index contributed by atoms with van der Waals surface area (Å²) in [5.74, 6) is 0. The lowest BCUT2D eigenvalue weighted by Crippen LogP contribution is -2.33. The molecule has 0 radical (unpaired) electrons. The van der Waals surface area contributed by atoms with Gasteiger partial charge >= 0.3 is 6.09 Å². The predicted octanol–water partition coefficient (Wildman–Crippen LogP) is 3.71. The van der Waals surface area contributed by atoms with E-state index in [9.17, 15) is 4.79 Å². The van der Waals surface area contributed by atoms with Gasteiger partial charge in [0.25, 0.3) is 0 Å². The highest BCUT2D eigenvalue weighted by Crippen LogP contribution is 2.23. The molecule has 1 fully saturated rings. The van der Waals surface area contributed by atoms with E-state index in [1.54, 1.807) is 23.1 Å². The molecule has 0 aromatic heterocycles. The fourth-order valence-corrected chi connectivity index (χ4v) is 2.82. The van der Waals surface area contributed by atoms with Crippen molar-refractivity contribution in [3.8, 4) is 0 Å². The summed E-state index contributed by atoms with van der Waals surface area (Å²) < 4.78 is 4.99. The van der Waals surface area contributed by atoms with E-state index < -0.39 is 0 Å². The summed E-state index contributed by atoms with van der Waals surface area (Å²) in [5, 5.41) is 1.82. The SMILES string of the molecule is O=C1OC[C@H](CBr)N1Cc1cc(Cl)cc(Cl)c1. The van der Waals surface area contributed by atoms with E-state index in [1.807, 2.05) is 0 Å². The second-order valence-electron chi connectivity index (χ2n) is 3.79. The van der Waals surface area contributed by atoms with E-state index in [0.717, 1.165) is 5.56 Å². The number of benzene rings is 1. The lowest BCUT2D eigenvalue weighted by atomic mass is 10.2. The van der Waals surface area contributed by atoms with Crippen LogP contribution >= 0.6 is 39.1 Å². The third kappa shape index (κ3) is 3.06. The van der Waals surface area contributed by atoms with Crippen molar-refractivity contribution in [3.05, 3.63) is 33.8 Å². The average molecular weight is 339 g/mol. The molecule has 1 atom stereocenters. The minimum absolute atomic E-state index is 0.0558. The standard InChI is InChI=1S/C11H10BrCl2NO2/c12-4-10-6-17-11(16)15(10)5-7-1-8(13)3-9(14)2-7/h1-3,10H,4-6H2/t10-/m0/s1. The fraction of sp³-hybridized carbons (Fsp3) is 0.364. The molecule has 0 spiro atoms. The number of alkyl halides is 1. The van der Waals surface area contributed by atoms with Crippen LogP contribution in [0, 0.1) is 0 Å². The molecule has 1 aliphatic rings. The van der Waals surface area contributed by atoms with Crippen molar-refractivity contribution in [2.45, 2.75) is 12.6 Å². The van der Waals surface area contributed by atoms with Gasteiger partial charge in [-0.25, -0.2) is 4.79 Å². The van der Waals surface area contributed by atoms with Crippen molar-refractivity contribution in [2.75, 3.05) is 11.9 Å². The van der Waals surface area contributed by atoms with Crippen LogP contribution in [0.3, 0.4) is 0 Å². The van der Waals surface area contributed by atoms with Gasteiger partial charge in [0.15, 0.2) is 0 Å². The van der Waals surface area contributed by atoms with E-state index in [0.29, 0.717) is 28.5 Å². The van der Waals surface area contributed by atoms with E-state index in [4.69, 9.17) is 27.9 Å². The van der Waals surface area contributed by atoms with Gasteiger partial charge in [0.2, 0.25) is 0 Å². The molecule has 0 unspecified atom stereocenters. The number of rotatable bonds is 3. The number of halogens is 3. The topological polar surface area (TPSA) is 29.5 Å². The molecule has 92 valence electrons.